The summed E-state index contributed by atoms with van der Waals surface area (Å²) < 4.78 is 11.5. The predicted molar refractivity (Wildman–Crippen MR) is 121 cm³/mol. The van der Waals surface area contributed by atoms with Gasteiger partial charge in [-0.15, -0.1) is 0 Å². The molecule has 1 atom stereocenters. The van der Waals surface area contributed by atoms with Crippen LogP contribution in [0.25, 0.3) is 0 Å². The number of fused-ring (bicyclic) bond motifs is 1. The average molecular weight is 422 g/mol. The molecule has 0 spiro atoms. The molecule has 5 rings (SSSR count). The lowest BCUT2D eigenvalue weighted by Gasteiger charge is -2.35. The molecule has 2 saturated heterocycles. The molecular formula is C25H31N3O3. The van der Waals surface area contributed by atoms with Gasteiger partial charge in [0.15, 0.2) is 11.5 Å². The van der Waals surface area contributed by atoms with Crippen LogP contribution in [0, 0.1) is 0 Å². The number of benzene rings is 2. The fourth-order valence-corrected chi connectivity index (χ4v) is 4.99. The molecule has 0 bridgehead atoms. The van der Waals surface area contributed by atoms with Crippen LogP contribution in [0.4, 0.5) is 5.69 Å². The minimum atomic E-state index is 0.174. The van der Waals surface area contributed by atoms with Crippen LogP contribution in [0.2, 0.25) is 0 Å². The zero-order valence-electron chi connectivity index (χ0n) is 18.3. The van der Waals surface area contributed by atoms with E-state index in [1.165, 1.54) is 29.7 Å². The summed E-state index contributed by atoms with van der Waals surface area (Å²) in [6, 6.07) is 15.8. The second-order valence-corrected chi connectivity index (χ2v) is 8.69. The average Bonchev–Trinajstić information content (AvgIpc) is 3.27. The summed E-state index contributed by atoms with van der Waals surface area (Å²) in [6.45, 7) is 8.40. The van der Waals surface area contributed by atoms with E-state index in [0.29, 0.717) is 19.3 Å². The summed E-state index contributed by atoms with van der Waals surface area (Å²) in [5.41, 5.74) is 3.91. The van der Waals surface area contributed by atoms with Gasteiger partial charge in [-0.05, 0) is 54.8 Å². The van der Waals surface area contributed by atoms with Gasteiger partial charge in [-0.25, -0.2) is 0 Å². The van der Waals surface area contributed by atoms with Crippen LogP contribution in [0.3, 0.4) is 0 Å². The van der Waals surface area contributed by atoms with Gasteiger partial charge in [0.2, 0.25) is 5.91 Å². The molecule has 1 unspecified atom stereocenters. The number of hydrogen-bond acceptors (Lipinski definition) is 5. The number of ether oxygens (including phenoxy) is 2. The number of carbonyl (C=O) groups is 1. The molecule has 0 saturated carbocycles. The van der Waals surface area contributed by atoms with Crippen LogP contribution in [0.15, 0.2) is 42.5 Å². The lowest BCUT2D eigenvalue weighted by Crippen LogP contribution is -2.48. The van der Waals surface area contributed by atoms with Crippen molar-refractivity contribution in [2.24, 2.45) is 0 Å². The summed E-state index contributed by atoms with van der Waals surface area (Å²) >= 11 is 0. The SMILES string of the molecule is CC(=O)N1CCN(c2ccc(CN3CCCC3c3ccc4c(c3)OCCO4)cc2)CC1. The number of piperazine rings is 1. The third-order valence-electron chi connectivity index (χ3n) is 6.73. The highest BCUT2D eigenvalue weighted by Gasteiger charge is 2.27. The molecule has 164 valence electrons. The summed E-state index contributed by atoms with van der Waals surface area (Å²) in [6.07, 6.45) is 2.40. The Morgan fingerprint density at radius 2 is 1.68 bits per heavy atom. The van der Waals surface area contributed by atoms with Crippen molar-refractivity contribution >= 4 is 11.6 Å². The Morgan fingerprint density at radius 3 is 2.42 bits per heavy atom. The van der Waals surface area contributed by atoms with E-state index in [1.807, 2.05) is 4.90 Å². The standard InChI is InChI=1S/C25H31N3O3/c1-19(29)26-11-13-27(14-12-26)22-7-4-20(5-8-22)18-28-10-2-3-23(28)21-6-9-24-25(17-21)31-16-15-30-24/h4-9,17,23H,2-3,10-16,18H2,1H3. The van der Waals surface area contributed by atoms with Crippen molar-refractivity contribution in [2.45, 2.75) is 32.4 Å². The Bertz CT molecular complexity index is 922. The first-order valence-corrected chi connectivity index (χ1v) is 11.4. The molecule has 0 aliphatic carbocycles. The minimum Gasteiger partial charge on any atom is -0.486 e. The molecule has 1 amide bonds. The number of hydrogen-bond donors (Lipinski definition) is 0. The van der Waals surface area contributed by atoms with Crippen LogP contribution >= 0.6 is 0 Å². The van der Waals surface area contributed by atoms with Gasteiger partial charge in [0.1, 0.15) is 13.2 Å². The molecule has 6 heteroatoms. The first kappa shape index (κ1) is 20.2. The fraction of sp³-hybridized carbons (Fsp3) is 0.480. The Morgan fingerprint density at radius 1 is 0.935 bits per heavy atom. The molecule has 0 N–H and O–H groups in total. The van der Waals surface area contributed by atoms with Gasteiger partial charge in [-0.3, -0.25) is 9.69 Å². The predicted octanol–water partition coefficient (Wildman–Crippen LogP) is 3.46. The zero-order valence-corrected chi connectivity index (χ0v) is 18.3. The van der Waals surface area contributed by atoms with E-state index in [9.17, 15) is 4.79 Å². The van der Waals surface area contributed by atoms with E-state index in [-0.39, 0.29) is 5.91 Å². The van der Waals surface area contributed by atoms with Crippen molar-refractivity contribution in [3.8, 4) is 11.5 Å². The summed E-state index contributed by atoms with van der Waals surface area (Å²) in [5, 5.41) is 0. The number of likely N-dealkylation sites (tertiary alicyclic amines) is 1. The number of anilines is 1. The minimum absolute atomic E-state index is 0.174. The Labute approximate surface area is 184 Å². The van der Waals surface area contributed by atoms with Gasteiger partial charge in [0.05, 0.1) is 0 Å². The zero-order chi connectivity index (χ0) is 21.2. The molecule has 6 nitrogen and oxygen atoms in total. The van der Waals surface area contributed by atoms with Crippen molar-refractivity contribution in [2.75, 3.05) is 50.8 Å². The number of carbonyl (C=O) groups excluding carboxylic acids is 1. The number of nitrogens with zero attached hydrogens (tertiary/aromatic N) is 3. The second kappa shape index (κ2) is 8.79. The maximum absolute atomic E-state index is 11.5. The van der Waals surface area contributed by atoms with E-state index in [2.05, 4.69) is 52.3 Å². The van der Waals surface area contributed by atoms with E-state index < -0.39 is 0 Å². The molecule has 0 aromatic heterocycles. The first-order chi connectivity index (χ1) is 15.2. The molecule has 2 aromatic carbocycles. The first-order valence-electron chi connectivity index (χ1n) is 11.4. The second-order valence-electron chi connectivity index (χ2n) is 8.69. The largest absolute Gasteiger partial charge is 0.486 e. The quantitative estimate of drug-likeness (QED) is 0.757. The van der Waals surface area contributed by atoms with E-state index in [1.54, 1.807) is 6.92 Å². The lowest BCUT2D eigenvalue weighted by atomic mass is 10.0. The highest BCUT2D eigenvalue weighted by Crippen LogP contribution is 2.38. The van der Waals surface area contributed by atoms with Crippen LogP contribution < -0.4 is 14.4 Å². The van der Waals surface area contributed by atoms with Gasteiger partial charge in [0.25, 0.3) is 0 Å². The highest BCUT2D eigenvalue weighted by atomic mass is 16.6. The normalized spacial score (nSPS) is 21.4. The molecule has 2 aromatic rings. The van der Waals surface area contributed by atoms with Crippen LogP contribution in [-0.4, -0.2) is 61.6 Å². The van der Waals surface area contributed by atoms with Crippen LogP contribution in [0.1, 0.15) is 36.9 Å². The van der Waals surface area contributed by atoms with E-state index in [0.717, 1.165) is 50.8 Å². The molecule has 3 heterocycles. The smallest absolute Gasteiger partial charge is 0.219 e. The molecule has 3 aliphatic heterocycles. The van der Waals surface area contributed by atoms with Gasteiger partial charge >= 0.3 is 0 Å². The Kier molecular flexibility index (Phi) is 5.72. The number of rotatable bonds is 4. The van der Waals surface area contributed by atoms with Gasteiger partial charge in [-0.2, -0.15) is 0 Å². The third-order valence-corrected chi connectivity index (χ3v) is 6.73. The molecule has 31 heavy (non-hydrogen) atoms. The number of amides is 1. The van der Waals surface area contributed by atoms with Crippen molar-refractivity contribution in [1.82, 2.24) is 9.80 Å². The maximum Gasteiger partial charge on any atom is 0.219 e. The Hall–Kier alpha value is -2.73. The fourth-order valence-electron chi connectivity index (χ4n) is 4.99. The van der Waals surface area contributed by atoms with Crippen molar-refractivity contribution < 1.29 is 14.3 Å². The molecule has 2 fully saturated rings. The van der Waals surface area contributed by atoms with Gasteiger partial charge in [0, 0.05) is 51.4 Å². The van der Waals surface area contributed by atoms with Crippen molar-refractivity contribution in [1.29, 1.82) is 0 Å². The van der Waals surface area contributed by atoms with Gasteiger partial charge in [-0.1, -0.05) is 18.2 Å². The summed E-state index contributed by atoms with van der Waals surface area (Å²) in [5.74, 6) is 1.91. The Balaban J connectivity index is 1.23. The third kappa shape index (κ3) is 4.35. The van der Waals surface area contributed by atoms with Crippen LogP contribution in [0.5, 0.6) is 11.5 Å². The lowest BCUT2D eigenvalue weighted by molar-refractivity contribution is -0.129. The summed E-state index contributed by atoms with van der Waals surface area (Å²) in [7, 11) is 0. The molecule has 0 radical (unpaired) electrons. The maximum atomic E-state index is 11.5. The molecule has 3 aliphatic rings. The van der Waals surface area contributed by atoms with Crippen molar-refractivity contribution in [3.63, 3.8) is 0 Å². The summed E-state index contributed by atoms with van der Waals surface area (Å²) in [4.78, 5) is 18.4. The van der Waals surface area contributed by atoms with Crippen molar-refractivity contribution in [3.05, 3.63) is 53.6 Å². The topological polar surface area (TPSA) is 45.3 Å². The van der Waals surface area contributed by atoms with Gasteiger partial charge < -0.3 is 19.3 Å². The molecular weight excluding hydrogens is 390 g/mol. The van der Waals surface area contributed by atoms with Crippen LogP contribution in [-0.2, 0) is 11.3 Å². The highest BCUT2D eigenvalue weighted by molar-refractivity contribution is 5.73. The van der Waals surface area contributed by atoms with E-state index in [4.69, 9.17) is 9.47 Å². The monoisotopic (exact) mass is 421 g/mol. The van der Waals surface area contributed by atoms with E-state index >= 15 is 0 Å².